The number of ether oxygens (including phenoxy) is 1. The molecule has 0 saturated carbocycles. The summed E-state index contributed by atoms with van der Waals surface area (Å²) in [4.78, 5) is 31.1. The Labute approximate surface area is 195 Å². The molecule has 7 nitrogen and oxygen atoms in total. The molecule has 1 fully saturated rings. The molecule has 172 valence electrons. The topological polar surface area (TPSA) is 71.5 Å². The van der Waals surface area contributed by atoms with Gasteiger partial charge >= 0.3 is 0 Å². The summed E-state index contributed by atoms with van der Waals surface area (Å²) >= 11 is 0. The second-order valence-electron chi connectivity index (χ2n) is 8.54. The van der Waals surface area contributed by atoms with Crippen LogP contribution >= 0.6 is 0 Å². The number of aromatic nitrogens is 3. The number of rotatable bonds is 7. The van der Waals surface area contributed by atoms with Crippen molar-refractivity contribution in [2.75, 3.05) is 32.1 Å². The first-order valence-corrected chi connectivity index (χ1v) is 11.4. The van der Waals surface area contributed by atoms with Gasteiger partial charge in [-0.3, -0.25) is 9.78 Å². The van der Waals surface area contributed by atoms with E-state index in [1.165, 1.54) is 0 Å². The number of carbonyl (C=O) groups is 1. The minimum atomic E-state index is -0.107. The maximum absolute atomic E-state index is 13.5. The lowest BCUT2D eigenvalue weighted by Crippen LogP contribution is -2.31. The molecule has 7 heteroatoms. The summed E-state index contributed by atoms with van der Waals surface area (Å²) in [6.07, 6.45) is 7.32. The number of hydrogen-bond acceptors (Lipinski definition) is 6. The number of anilines is 1. The Kier molecular flexibility index (Phi) is 6.99. The molecule has 1 amide bonds. The Hall–Kier alpha value is -3.32. The summed E-state index contributed by atoms with van der Waals surface area (Å²) in [7, 11) is 3.86. The number of likely N-dealkylation sites (tertiary alicyclic amines) is 1. The summed E-state index contributed by atoms with van der Waals surface area (Å²) in [6, 6.07) is 9.61. The van der Waals surface area contributed by atoms with E-state index in [2.05, 4.69) is 9.97 Å². The third kappa shape index (κ3) is 4.88. The quantitative estimate of drug-likeness (QED) is 0.536. The van der Waals surface area contributed by atoms with E-state index in [0.717, 1.165) is 40.8 Å². The molecular formula is C26H31N5O2. The fraction of sp³-hybridized carbons (Fsp3) is 0.385. The van der Waals surface area contributed by atoms with Crippen molar-refractivity contribution in [3.8, 4) is 11.1 Å². The average Bonchev–Trinajstić information content (AvgIpc) is 3.32. The lowest BCUT2D eigenvalue weighted by Gasteiger charge is -2.27. The summed E-state index contributed by atoms with van der Waals surface area (Å²) in [6.45, 7) is 5.94. The lowest BCUT2D eigenvalue weighted by atomic mass is 9.97. The lowest BCUT2D eigenvalue weighted by molar-refractivity contribution is 0.0733. The number of carbonyl (C=O) groups excluding carboxylic acids is 1. The summed E-state index contributed by atoms with van der Waals surface area (Å²) in [5.41, 5.74) is 5.70. The molecule has 0 radical (unpaired) electrons. The fourth-order valence-electron chi connectivity index (χ4n) is 4.26. The van der Waals surface area contributed by atoms with Gasteiger partial charge in [-0.15, -0.1) is 0 Å². The van der Waals surface area contributed by atoms with Crippen molar-refractivity contribution in [3.05, 3.63) is 71.3 Å². The van der Waals surface area contributed by atoms with E-state index in [4.69, 9.17) is 9.72 Å². The van der Waals surface area contributed by atoms with Gasteiger partial charge in [0.1, 0.15) is 0 Å². The van der Waals surface area contributed by atoms with Crippen LogP contribution in [-0.4, -0.2) is 53.0 Å². The van der Waals surface area contributed by atoms with Crippen molar-refractivity contribution in [1.82, 2.24) is 19.9 Å². The molecule has 1 aliphatic rings. The van der Waals surface area contributed by atoms with Crippen LogP contribution in [0, 0.1) is 6.92 Å². The molecule has 2 aromatic heterocycles. The van der Waals surface area contributed by atoms with Gasteiger partial charge in [0.25, 0.3) is 5.91 Å². The van der Waals surface area contributed by atoms with E-state index in [-0.39, 0.29) is 11.9 Å². The van der Waals surface area contributed by atoms with E-state index in [0.29, 0.717) is 31.3 Å². The predicted molar refractivity (Wildman–Crippen MR) is 129 cm³/mol. The van der Waals surface area contributed by atoms with Gasteiger partial charge in [0.15, 0.2) is 0 Å². The monoisotopic (exact) mass is 445 g/mol. The Balaban J connectivity index is 1.69. The fourth-order valence-corrected chi connectivity index (χ4v) is 4.26. The molecule has 1 unspecified atom stereocenters. The van der Waals surface area contributed by atoms with Gasteiger partial charge in [-0.25, -0.2) is 9.97 Å². The third-order valence-corrected chi connectivity index (χ3v) is 6.02. The summed E-state index contributed by atoms with van der Waals surface area (Å²) < 4.78 is 5.47. The van der Waals surface area contributed by atoms with Crippen LogP contribution in [0.4, 0.5) is 5.95 Å². The molecule has 0 bridgehead atoms. The van der Waals surface area contributed by atoms with Gasteiger partial charge in [0.2, 0.25) is 5.95 Å². The number of nitrogens with zero attached hydrogens (tertiary/aromatic N) is 5. The Morgan fingerprint density at radius 3 is 2.64 bits per heavy atom. The largest absolute Gasteiger partial charge is 0.377 e. The molecule has 1 saturated heterocycles. The number of pyridine rings is 1. The summed E-state index contributed by atoms with van der Waals surface area (Å²) in [5, 5.41) is 0. The van der Waals surface area contributed by atoms with E-state index < -0.39 is 0 Å². The van der Waals surface area contributed by atoms with Crippen LogP contribution < -0.4 is 4.90 Å². The molecule has 33 heavy (non-hydrogen) atoms. The first kappa shape index (κ1) is 22.9. The van der Waals surface area contributed by atoms with Crippen molar-refractivity contribution in [3.63, 3.8) is 0 Å². The SMILES string of the molecule is CCOCc1ccc(C(=O)N2CCCC2c2nc(N(C)C)ncc2-c2ccncc2C)cc1. The van der Waals surface area contributed by atoms with Crippen molar-refractivity contribution in [2.24, 2.45) is 0 Å². The highest BCUT2D eigenvalue weighted by Crippen LogP contribution is 2.38. The van der Waals surface area contributed by atoms with Gasteiger partial charge in [-0.1, -0.05) is 12.1 Å². The minimum Gasteiger partial charge on any atom is -0.377 e. The molecule has 3 aromatic rings. The average molecular weight is 446 g/mol. The van der Waals surface area contributed by atoms with Crippen LogP contribution in [0.25, 0.3) is 11.1 Å². The highest BCUT2D eigenvalue weighted by Gasteiger charge is 2.34. The van der Waals surface area contributed by atoms with E-state index in [9.17, 15) is 4.79 Å². The highest BCUT2D eigenvalue weighted by atomic mass is 16.5. The van der Waals surface area contributed by atoms with Crippen LogP contribution in [0.1, 0.15) is 53.0 Å². The zero-order valence-corrected chi connectivity index (χ0v) is 19.8. The number of benzene rings is 1. The van der Waals surface area contributed by atoms with Crippen LogP contribution in [0.3, 0.4) is 0 Å². The maximum Gasteiger partial charge on any atom is 0.254 e. The molecule has 0 spiro atoms. The molecule has 3 heterocycles. The predicted octanol–water partition coefficient (Wildman–Crippen LogP) is 4.43. The molecule has 1 aliphatic heterocycles. The highest BCUT2D eigenvalue weighted by molar-refractivity contribution is 5.95. The smallest absolute Gasteiger partial charge is 0.254 e. The van der Waals surface area contributed by atoms with Crippen molar-refractivity contribution in [2.45, 2.75) is 39.3 Å². The van der Waals surface area contributed by atoms with E-state index >= 15 is 0 Å². The first-order valence-electron chi connectivity index (χ1n) is 11.4. The molecule has 0 aliphatic carbocycles. The molecule has 1 aromatic carbocycles. The van der Waals surface area contributed by atoms with Crippen LogP contribution in [0.2, 0.25) is 0 Å². The minimum absolute atomic E-state index is 0.0304. The Morgan fingerprint density at radius 2 is 1.94 bits per heavy atom. The molecule has 4 rings (SSSR count). The zero-order valence-electron chi connectivity index (χ0n) is 19.8. The van der Waals surface area contributed by atoms with Gasteiger partial charge in [-0.05, 0) is 61.6 Å². The first-order chi connectivity index (χ1) is 16.0. The Morgan fingerprint density at radius 1 is 1.15 bits per heavy atom. The normalized spacial score (nSPS) is 15.6. The molecular weight excluding hydrogens is 414 g/mol. The number of aryl methyl sites for hydroxylation is 1. The molecule has 1 atom stereocenters. The van der Waals surface area contributed by atoms with Crippen LogP contribution in [0.15, 0.2) is 48.9 Å². The third-order valence-electron chi connectivity index (χ3n) is 6.02. The van der Waals surface area contributed by atoms with E-state index in [1.807, 2.05) is 80.5 Å². The Bertz CT molecular complexity index is 1110. The maximum atomic E-state index is 13.5. The number of amides is 1. The van der Waals surface area contributed by atoms with Gasteiger partial charge in [-0.2, -0.15) is 0 Å². The van der Waals surface area contributed by atoms with Crippen LogP contribution in [-0.2, 0) is 11.3 Å². The van der Waals surface area contributed by atoms with Crippen molar-refractivity contribution < 1.29 is 9.53 Å². The standard InChI is InChI=1S/C26H31N5O2/c1-5-33-17-19-8-10-20(11-9-19)25(32)31-14-6-7-23(31)24-22(16-28-26(29-24)30(3)4)21-12-13-27-15-18(21)2/h8-13,15-16,23H,5-7,14,17H2,1-4H3. The van der Waals surface area contributed by atoms with Crippen molar-refractivity contribution in [1.29, 1.82) is 0 Å². The second-order valence-corrected chi connectivity index (χ2v) is 8.54. The zero-order chi connectivity index (χ0) is 23.4. The van der Waals surface area contributed by atoms with E-state index in [1.54, 1.807) is 6.20 Å². The number of hydrogen-bond donors (Lipinski definition) is 0. The van der Waals surface area contributed by atoms with Crippen molar-refractivity contribution >= 4 is 11.9 Å². The second kappa shape index (κ2) is 10.1. The van der Waals surface area contributed by atoms with Gasteiger partial charge in [0, 0.05) is 57.0 Å². The van der Waals surface area contributed by atoms with Crippen LogP contribution in [0.5, 0.6) is 0 Å². The summed E-state index contributed by atoms with van der Waals surface area (Å²) in [5.74, 6) is 0.669. The molecule has 0 N–H and O–H groups in total. The van der Waals surface area contributed by atoms with Gasteiger partial charge < -0.3 is 14.5 Å². The van der Waals surface area contributed by atoms with Gasteiger partial charge in [0.05, 0.1) is 18.3 Å².